The Hall–Kier alpha value is -4.34. The standard InChI is InChI=1S/C30H25N3/c31-32-25-16-10-19-27(22-25)33(26-17-8-3-9-18-26)30-28(23-12-4-1-5-13-23)20-11-21-29(30)24-14-6-2-7-15-24/h1-22,32H,31H2. The van der Waals surface area contributed by atoms with Crippen LogP contribution in [-0.4, -0.2) is 0 Å². The van der Waals surface area contributed by atoms with E-state index in [1.807, 2.05) is 18.2 Å². The zero-order valence-corrected chi connectivity index (χ0v) is 18.2. The van der Waals surface area contributed by atoms with Crippen LogP contribution < -0.4 is 16.2 Å². The largest absolute Gasteiger partial charge is 0.324 e. The third-order valence-electron chi connectivity index (χ3n) is 5.71. The summed E-state index contributed by atoms with van der Waals surface area (Å²) in [7, 11) is 0. The summed E-state index contributed by atoms with van der Waals surface area (Å²) in [4.78, 5) is 2.31. The highest BCUT2D eigenvalue weighted by Gasteiger charge is 2.21. The lowest BCUT2D eigenvalue weighted by molar-refractivity contribution is 1.27. The lowest BCUT2D eigenvalue weighted by Crippen LogP contribution is -2.14. The molecule has 3 nitrogen and oxygen atoms in total. The number of nitrogens with two attached hydrogens (primary N) is 1. The van der Waals surface area contributed by atoms with Gasteiger partial charge in [0.15, 0.2) is 0 Å². The van der Waals surface area contributed by atoms with Gasteiger partial charge in [-0.2, -0.15) is 0 Å². The second-order valence-electron chi connectivity index (χ2n) is 7.80. The van der Waals surface area contributed by atoms with Crippen molar-refractivity contribution in [3.8, 4) is 22.3 Å². The van der Waals surface area contributed by atoms with Gasteiger partial charge >= 0.3 is 0 Å². The van der Waals surface area contributed by atoms with Gasteiger partial charge in [-0.15, -0.1) is 0 Å². The first kappa shape index (κ1) is 20.6. The second kappa shape index (κ2) is 9.43. The Bertz CT molecular complexity index is 1280. The van der Waals surface area contributed by atoms with Crippen molar-refractivity contribution in [3.63, 3.8) is 0 Å². The first-order valence-electron chi connectivity index (χ1n) is 11.0. The van der Waals surface area contributed by atoms with E-state index in [0.29, 0.717) is 0 Å². The van der Waals surface area contributed by atoms with Gasteiger partial charge in [-0.1, -0.05) is 103 Å². The molecule has 0 radical (unpaired) electrons. The summed E-state index contributed by atoms with van der Waals surface area (Å²) in [6.07, 6.45) is 0. The summed E-state index contributed by atoms with van der Waals surface area (Å²) < 4.78 is 0. The minimum absolute atomic E-state index is 0.854. The van der Waals surface area contributed by atoms with Gasteiger partial charge in [-0.25, -0.2) is 0 Å². The number of nitrogens with zero attached hydrogens (tertiary/aromatic N) is 1. The first-order chi connectivity index (χ1) is 16.3. The fourth-order valence-corrected chi connectivity index (χ4v) is 4.20. The fraction of sp³-hybridized carbons (Fsp3) is 0. The molecule has 0 saturated carbocycles. The minimum atomic E-state index is 0.854. The maximum atomic E-state index is 5.77. The molecule has 0 spiro atoms. The first-order valence-corrected chi connectivity index (χ1v) is 11.0. The molecule has 0 aliphatic carbocycles. The van der Waals surface area contributed by atoms with E-state index >= 15 is 0 Å². The Morgan fingerprint density at radius 3 is 1.52 bits per heavy atom. The van der Waals surface area contributed by atoms with Crippen molar-refractivity contribution < 1.29 is 0 Å². The summed E-state index contributed by atoms with van der Waals surface area (Å²) in [6.45, 7) is 0. The minimum Gasteiger partial charge on any atom is -0.324 e. The molecule has 0 fully saturated rings. The van der Waals surface area contributed by atoms with Crippen LogP contribution in [0.4, 0.5) is 22.7 Å². The van der Waals surface area contributed by atoms with Crippen LogP contribution in [0, 0.1) is 0 Å². The Kier molecular flexibility index (Phi) is 5.87. The molecule has 5 aromatic rings. The third kappa shape index (κ3) is 4.22. The van der Waals surface area contributed by atoms with E-state index in [1.165, 1.54) is 11.1 Å². The molecular weight excluding hydrogens is 402 g/mol. The summed E-state index contributed by atoms with van der Waals surface area (Å²) in [5, 5.41) is 0. The van der Waals surface area contributed by atoms with E-state index in [9.17, 15) is 0 Å². The molecule has 0 atom stereocenters. The summed E-state index contributed by atoms with van der Waals surface area (Å²) in [5.41, 5.74) is 11.5. The lowest BCUT2D eigenvalue weighted by atomic mass is 9.94. The molecule has 0 unspecified atom stereocenters. The Balaban J connectivity index is 1.85. The SMILES string of the molecule is NNc1cccc(N(c2ccccc2)c2c(-c3ccccc3)cccc2-c2ccccc2)c1. The molecule has 3 N–H and O–H groups in total. The Morgan fingerprint density at radius 1 is 0.485 bits per heavy atom. The van der Waals surface area contributed by atoms with Gasteiger partial charge in [0.1, 0.15) is 0 Å². The molecule has 3 heteroatoms. The van der Waals surface area contributed by atoms with Gasteiger partial charge in [0.25, 0.3) is 0 Å². The highest BCUT2D eigenvalue weighted by Crippen LogP contribution is 2.46. The van der Waals surface area contributed by atoms with E-state index in [4.69, 9.17) is 5.84 Å². The van der Waals surface area contributed by atoms with Crippen molar-refractivity contribution in [2.45, 2.75) is 0 Å². The van der Waals surface area contributed by atoms with Crippen LogP contribution in [0.2, 0.25) is 0 Å². The number of nitrogen functional groups attached to an aromatic ring is 1. The van der Waals surface area contributed by atoms with Crippen LogP contribution >= 0.6 is 0 Å². The number of hydrogen-bond donors (Lipinski definition) is 2. The van der Waals surface area contributed by atoms with Crippen molar-refractivity contribution >= 4 is 22.7 Å². The molecule has 0 aliphatic heterocycles. The monoisotopic (exact) mass is 427 g/mol. The summed E-state index contributed by atoms with van der Waals surface area (Å²) in [5.74, 6) is 5.77. The van der Waals surface area contributed by atoms with Gasteiger partial charge in [-0.3, -0.25) is 5.84 Å². The third-order valence-corrected chi connectivity index (χ3v) is 5.71. The molecule has 5 rings (SSSR count). The van der Waals surface area contributed by atoms with E-state index in [1.54, 1.807) is 0 Å². The summed E-state index contributed by atoms with van der Waals surface area (Å²) in [6, 6.07) is 46.2. The zero-order chi connectivity index (χ0) is 22.5. The van der Waals surface area contributed by atoms with Gasteiger partial charge in [0, 0.05) is 22.5 Å². The number of nitrogens with one attached hydrogen (secondary N) is 1. The highest BCUT2D eigenvalue weighted by atomic mass is 15.2. The van der Waals surface area contributed by atoms with Gasteiger partial charge in [0.05, 0.1) is 11.4 Å². The number of para-hydroxylation sites is 2. The van der Waals surface area contributed by atoms with Crippen LogP contribution in [0.15, 0.2) is 133 Å². The number of hydrogen-bond acceptors (Lipinski definition) is 3. The average Bonchev–Trinajstić information content (AvgIpc) is 2.91. The van der Waals surface area contributed by atoms with Crippen LogP contribution in [0.5, 0.6) is 0 Å². The van der Waals surface area contributed by atoms with Crippen molar-refractivity contribution in [1.29, 1.82) is 0 Å². The van der Waals surface area contributed by atoms with Crippen molar-refractivity contribution in [2.24, 2.45) is 5.84 Å². The number of rotatable bonds is 6. The van der Waals surface area contributed by atoms with Gasteiger partial charge in [-0.05, 0) is 41.5 Å². The molecule has 160 valence electrons. The van der Waals surface area contributed by atoms with E-state index in [2.05, 4.69) is 126 Å². The van der Waals surface area contributed by atoms with Crippen molar-refractivity contribution in [1.82, 2.24) is 0 Å². The number of benzene rings is 5. The Morgan fingerprint density at radius 2 is 0.970 bits per heavy atom. The molecule has 0 heterocycles. The second-order valence-corrected chi connectivity index (χ2v) is 7.80. The van der Waals surface area contributed by atoms with Crippen LogP contribution in [0.3, 0.4) is 0 Å². The molecule has 0 amide bonds. The average molecular weight is 428 g/mol. The molecule has 5 aromatic carbocycles. The number of anilines is 4. The fourth-order valence-electron chi connectivity index (χ4n) is 4.20. The maximum Gasteiger partial charge on any atom is 0.0618 e. The number of hydrazine groups is 1. The predicted molar refractivity (Wildman–Crippen MR) is 140 cm³/mol. The van der Waals surface area contributed by atoms with Crippen molar-refractivity contribution in [2.75, 3.05) is 10.3 Å². The van der Waals surface area contributed by atoms with Crippen LogP contribution in [0.25, 0.3) is 22.3 Å². The van der Waals surface area contributed by atoms with Crippen LogP contribution in [0.1, 0.15) is 0 Å². The van der Waals surface area contributed by atoms with E-state index < -0.39 is 0 Å². The quantitative estimate of drug-likeness (QED) is 0.215. The van der Waals surface area contributed by atoms with Gasteiger partial charge < -0.3 is 10.3 Å². The molecular formula is C30H25N3. The smallest absolute Gasteiger partial charge is 0.0618 e. The molecule has 0 bridgehead atoms. The van der Waals surface area contributed by atoms with E-state index in [-0.39, 0.29) is 0 Å². The maximum absolute atomic E-state index is 5.77. The predicted octanol–water partition coefficient (Wildman–Crippen LogP) is 7.78. The molecule has 0 aliphatic rings. The summed E-state index contributed by atoms with van der Waals surface area (Å²) >= 11 is 0. The lowest BCUT2D eigenvalue weighted by Gasteiger charge is -2.30. The highest BCUT2D eigenvalue weighted by molar-refractivity contribution is 5.97. The topological polar surface area (TPSA) is 41.3 Å². The van der Waals surface area contributed by atoms with Crippen molar-refractivity contribution in [3.05, 3.63) is 133 Å². The molecule has 0 aromatic heterocycles. The molecule has 33 heavy (non-hydrogen) atoms. The normalized spacial score (nSPS) is 10.6. The van der Waals surface area contributed by atoms with E-state index in [0.717, 1.165) is 33.9 Å². The van der Waals surface area contributed by atoms with Crippen LogP contribution in [-0.2, 0) is 0 Å². The zero-order valence-electron chi connectivity index (χ0n) is 18.2. The Labute approximate surface area is 194 Å². The van der Waals surface area contributed by atoms with Gasteiger partial charge in [0.2, 0.25) is 0 Å². The molecule has 0 saturated heterocycles.